The molecule has 0 saturated carbocycles. The lowest BCUT2D eigenvalue weighted by Crippen LogP contribution is -2.07. The molecule has 0 aliphatic carbocycles. The van der Waals surface area contributed by atoms with E-state index in [1.54, 1.807) is 16.8 Å². The van der Waals surface area contributed by atoms with Crippen LogP contribution in [-0.4, -0.2) is 20.2 Å². The summed E-state index contributed by atoms with van der Waals surface area (Å²) in [7, 11) is 0. The van der Waals surface area contributed by atoms with Gasteiger partial charge in [-0.3, -0.25) is 0 Å². The molecule has 7 nitrogen and oxygen atoms in total. The van der Waals surface area contributed by atoms with Crippen molar-refractivity contribution < 1.29 is 9.15 Å². The molecule has 4 aromatic rings. The SMILES string of the molecule is Cc1cc(=O)oc2cc(OCc3nnnn3-c3ccccc3)c(Cl)cc12. The van der Waals surface area contributed by atoms with Gasteiger partial charge < -0.3 is 9.15 Å². The van der Waals surface area contributed by atoms with Crippen molar-refractivity contribution in [3.8, 4) is 11.4 Å². The molecule has 0 bridgehead atoms. The van der Waals surface area contributed by atoms with E-state index in [2.05, 4.69) is 15.5 Å². The van der Waals surface area contributed by atoms with Gasteiger partial charge in [-0.2, -0.15) is 4.68 Å². The van der Waals surface area contributed by atoms with Gasteiger partial charge in [0.25, 0.3) is 0 Å². The number of nitrogens with zero attached hydrogens (tertiary/aromatic N) is 4. The second kappa shape index (κ2) is 6.61. The first-order valence-electron chi connectivity index (χ1n) is 7.81. The number of rotatable bonds is 4. The van der Waals surface area contributed by atoms with Crippen LogP contribution < -0.4 is 10.4 Å². The van der Waals surface area contributed by atoms with Gasteiger partial charge in [-0.15, -0.1) is 5.10 Å². The van der Waals surface area contributed by atoms with E-state index in [4.69, 9.17) is 20.8 Å². The van der Waals surface area contributed by atoms with Gasteiger partial charge in [0.2, 0.25) is 0 Å². The molecule has 2 aromatic heterocycles. The fourth-order valence-corrected chi connectivity index (χ4v) is 2.86. The highest BCUT2D eigenvalue weighted by molar-refractivity contribution is 6.32. The van der Waals surface area contributed by atoms with E-state index in [1.807, 2.05) is 37.3 Å². The van der Waals surface area contributed by atoms with Crippen LogP contribution in [0.3, 0.4) is 0 Å². The quantitative estimate of drug-likeness (QED) is 0.514. The summed E-state index contributed by atoms with van der Waals surface area (Å²) in [4.78, 5) is 11.6. The van der Waals surface area contributed by atoms with Crippen molar-refractivity contribution in [3.05, 3.63) is 75.4 Å². The number of benzene rings is 2. The normalized spacial score (nSPS) is 11.0. The molecule has 0 radical (unpaired) electrons. The zero-order valence-electron chi connectivity index (χ0n) is 13.7. The van der Waals surface area contributed by atoms with Crippen LogP contribution in [0, 0.1) is 6.92 Å². The zero-order valence-corrected chi connectivity index (χ0v) is 14.5. The minimum Gasteiger partial charge on any atom is -0.484 e. The van der Waals surface area contributed by atoms with Gasteiger partial charge >= 0.3 is 5.63 Å². The molecule has 8 heteroatoms. The van der Waals surface area contributed by atoms with E-state index in [0.717, 1.165) is 16.6 Å². The minimum atomic E-state index is -0.420. The maximum atomic E-state index is 11.6. The van der Waals surface area contributed by atoms with Gasteiger partial charge in [-0.1, -0.05) is 29.8 Å². The van der Waals surface area contributed by atoms with Crippen molar-refractivity contribution in [1.29, 1.82) is 0 Å². The zero-order chi connectivity index (χ0) is 18.1. The van der Waals surface area contributed by atoms with Gasteiger partial charge in [0.1, 0.15) is 17.9 Å². The second-order valence-corrected chi connectivity index (χ2v) is 6.07. The number of hydrogen-bond acceptors (Lipinski definition) is 6. The Labute approximate surface area is 152 Å². The molecule has 0 aliphatic rings. The van der Waals surface area contributed by atoms with E-state index in [0.29, 0.717) is 22.2 Å². The first-order valence-corrected chi connectivity index (χ1v) is 8.19. The molecule has 2 aromatic carbocycles. The molecule has 0 saturated heterocycles. The predicted octanol–water partition coefficient (Wildman–Crippen LogP) is 3.31. The van der Waals surface area contributed by atoms with Gasteiger partial charge in [-0.05, 0) is 41.1 Å². The average Bonchev–Trinajstić information content (AvgIpc) is 3.10. The summed E-state index contributed by atoms with van der Waals surface area (Å²) >= 11 is 6.31. The van der Waals surface area contributed by atoms with Crippen LogP contribution >= 0.6 is 11.6 Å². The number of halogens is 1. The lowest BCUT2D eigenvalue weighted by atomic mass is 10.1. The van der Waals surface area contributed by atoms with E-state index in [-0.39, 0.29) is 6.61 Å². The Hall–Kier alpha value is -3.19. The van der Waals surface area contributed by atoms with Crippen molar-refractivity contribution in [2.45, 2.75) is 13.5 Å². The summed E-state index contributed by atoms with van der Waals surface area (Å²) in [5, 5.41) is 12.8. The molecule has 0 unspecified atom stereocenters. The fraction of sp³-hybridized carbons (Fsp3) is 0.111. The first-order chi connectivity index (χ1) is 12.6. The molecule has 0 N–H and O–H groups in total. The molecular formula is C18H13ClN4O3. The second-order valence-electron chi connectivity index (χ2n) is 5.66. The van der Waals surface area contributed by atoms with Crippen molar-refractivity contribution in [2.75, 3.05) is 0 Å². The molecule has 26 heavy (non-hydrogen) atoms. The summed E-state index contributed by atoms with van der Waals surface area (Å²) in [5.74, 6) is 0.897. The number of ether oxygens (including phenoxy) is 1. The van der Waals surface area contributed by atoms with E-state index in [1.165, 1.54) is 6.07 Å². The Morgan fingerprint density at radius 1 is 1.19 bits per heavy atom. The van der Waals surface area contributed by atoms with E-state index < -0.39 is 5.63 Å². The Bertz CT molecular complexity index is 1140. The minimum absolute atomic E-state index is 0.100. The Kier molecular flexibility index (Phi) is 4.14. The molecule has 0 aliphatic heterocycles. The van der Waals surface area contributed by atoms with Gasteiger partial charge in [0.05, 0.1) is 10.7 Å². The van der Waals surface area contributed by atoms with Crippen LogP contribution in [-0.2, 0) is 6.61 Å². The Balaban J connectivity index is 1.64. The van der Waals surface area contributed by atoms with Crippen molar-refractivity contribution in [1.82, 2.24) is 20.2 Å². The monoisotopic (exact) mass is 368 g/mol. The maximum absolute atomic E-state index is 11.6. The van der Waals surface area contributed by atoms with Crippen LogP contribution in [0.5, 0.6) is 5.75 Å². The van der Waals surface area contributed by atoms with Crippen molar-refractivity contribution in [2.24, 2.45) is 0 Å². The standard InChI is InChI=1S/C18H13ClN4O3/c1-11-7-18(24)26-15-9-16(14(19)8-13(11)15)25-10-17-20-21-22-23(17)12-5-3-2-4-6-12/h2-9H,10H2,1H3. The lowest BCUT2D eigenvalue weighted by Gasteiger charge is -2.10. The Morgan fingerprint density at radius 3 is 2.81 bits per heavy atom. The highest BCUT2D eigenvalue weighted by Crippen LogP contribution is 2.31. The van der Waals surface area contributed by atoms with E-state index >= 15 is 0 Å². The van der Waals surface area contributed by atoms with Crippen LogP contribution in [0.1, 0.15) is 11.4 Å². The summed E-state index contributed by atoms with van der Waals surface area (Å²) in [6, 6.07) is 14.2. The van der Waals surface area contributed by atoms with Crippen LogP contribution in [0.4, 0.5) is 0 Å². The molecule has 2 heterocycles. The third-order valence-electron chi connectivity index (χ3n) is 3.90. The molecule has 0 fully saturated rings. The van der Waals surface area contributed by atoms with Crippen LogP contribution in [0.2, 0.25) is 5.02 Å². The lowest BCUT2D eigenvalue weighted by molar-refractivity contribution is 0.292. The third kappa shape index (κ3) is 3.04. The number of aromatic nitrogens is 4. The summed E-state index contributed by atoms with van der Waals surface area (Å²) < 4.78 is 12.6. The molecule has 0 amide bonds. The average molecular weight is 369 g/mol. The topological polar surface area (TPSA) is 83.0 Å². The molecule has 130 valence electrons. The molecule has 4 rings (SSSR count). The highest BCUT2D eigenvalue weighted by atomic mass is 35.5. The number of para-hydroxylation sites is 1. The molecular weight excluding hydrogens is 356 g/mol. The summed E-state index contributed by atoms with van der Waals surface area (Å²) in [5.41, 5.74) is 1.60. The maximum Gasteiger partial charge on any atom is 0.336 e. The summed E-state index contributed by atoms with van der Waals surface area (Å²) in [6.45, 7) is 1.92. The van der Waals surface area contributed by atoms with Crippen LogP contribution in [0.25, 0.3) is 16.7 Å². The fourth-order valence-electron chi connectivity index (χ4n) is 2.64. The van der Waals surface area contributed by atoms with Crippen molar-refractivity contribution in [3.63, 3.8) is 0 Å². The number of fused-ring (bicyclic) bond motifs is 1. The predicted molar refractivity (Wildman–Crippen MR) is 95.7 cm³/mol. The van der Waals surface area contributed by atoms with Gasteiger partial charge in [-0.25, -0.2) is 4.79 Å². The molecule has 0 spiro atoms. The number of hydrogen-bond donors (Lipinski definition) is 0. The van der Waals surface area contributed by atoms with Gasteiger partial charge in [0.15, 0.2) is 5.82 Å². The molecule has 0 atom stereocenters. The van der Waals surface area contributed by atoms with Crippen molar-refractivity contribution >= 4 is 22.6 Å². The Morgan fingerprint density at radius 2 is 2.00 bits per heavy atom. The summed E-state index contributed by atoms with van der Waals surface area (Å²) in [6.07, 6.45) is 0. The highest BCUT2D eigenvalue weighted by Gasteiger charge is 2.12. The third-order valence-corrected chi connectivity index (χ3v) is 4.19. The first kappa shape index (κ1) is 16.3. The largest absolute Gasteiger partial charge is 0.484 e. The van der Waals surface area contributed by atoms with Crippen LogP contribution in [0.15, 0.2) is 57.7 Å². The van der Waals surface area contributed by atoms with E-state index in [9.17, 15) is 4.79 Å². The smallest absolute Gasteiger partial charge is 0.336 e. The van der Waals surface area contributed by atoms with Gasteiger partial charge in [0, 0.05) is 17.5 Å². The number of aryl methyl sites for hydroxylation is 1. The number of tetrazole rings is 1.